The average Bonchev–Trinajstić information content (AvgIpc) is 3.27. The number of nitrogens with zero attached hydrogens (tertiary/aromatic N) is 1. The summed E-state index contributed by atoms with van der Waals surface area (Å²) in [5.41, 5.74) is 5.88. The van der Waals surface area contributed by atoms with Crippen molar-refractivity contribution in [3.8, 4) is 0 Å². The molecule has 1 aromatic carbocycles. The van der Waals surface area contributed by atoms with Crippen molar-refractivity contribution in [1.82, 2.24) is 15.4 Å². The summed E-state index contributed by atoms with van der Waals surface area (Å²) in [6.45, 7) is 0.683. The van der Waals surface area contributed by atoms with E-state index in [4.69, 9.17) is 9.57 Å². The Hall–Kier alpha value is -2.44. The zero-order valence-electron chi connectivity index (χ0n) is 17.4. The molecule has 2 heterocycles. The van der Waals surface area contributed by atoms with Gasteiger partial charge in [0.05, 0.1) is 0 Å². The Morgan fingerprint density at radius 2 is 1.93 bits per heavy atom. The topological polar surface area (TPSA) is 76.2 Å². The lowest BCUT2D eigenvalue weighted by molar-refractivity contribution is -0.198. The van der Waals surface area contributed by atoms with Gasteiger partial charge in [0.25, 0.3) is 5.91 Å². The molecule has 6 nitrogen and oxygen atoms in total. The number of nitrogens with one attached hydrogen (secondary N) is 2. The molecule has 2 aliphatic rings. The summed E-state index contributed by atoms with van der Waals surface area (Å²) in [6.07, 6.45) is 15.2. The van der Waals surface area contributed by atoms with Gasteiger partial charge in [0.2, 0.25) is 0 Å². The third-order valence-corrected chi connectivity index (χ3v) is 5.90. The van der Waals surface area contributed by atoms with Crippen molar-refractivity contribution in [2.24, 2.45) is 0 Å². The lowest BCUT2D eigenvalue weighted by Crippen LogP contribution is -2.32. The first-order valence-corrected chi connectivity index (χ1v) is 11.1. The molecule has 1 amide bonds. The SMILES string of the molecule is O=C(/C=C/c1ccc(Cc2ncc(C3CCCCC3)[nH]2)cc1)NOC1CCCCO1. The lowest BCUT2D eigenvalue weighted by Gasteiger charge is -2.21. The summed E-state index contributed by atoms with van der Waals surface area (Å²) >= 11 is 0. The second-order valence-corrected chi connectivity index (χ2v) is 8.25. The molecule has 1 aromatic heterocycles. The normalized spacial score (nSPS) is 20.5. The number of aromatic amines is 1. The van der Waals surface area contributed by atoms with Crippen molar-refractivity contribution >= 4 is 12.0 Å². The Labute approximate surface area is 178 Å². The second-order valence-electron chi connectivity index (χ2n) is 8.25. The first kappa shape index (κ1) is 20.8. The number of carbonyl (C=O) groups excluding carboxylic acids is 1. The quantitative estimate of drug-likeness (QED) is 0.516. The maximum atomic E-state index is 11.9. The average molecular weight is 410 g/mol. The molecular formula is C24H31N3O3. The minimum atomic E-state index is -0.337. The zero-order valence-corrected chi connectivity index (χ0v) is 17.4. The Balaban J connectivity index is 1.25. The van der Waals surface area contributed by atoms with Crippen LogP contribution < -0.4 is 5.48 Å². The lowest BCUT2D eigenvalue weighted by atomic mass is 9.87. The number of ether oxygens (including phenoxy) is 1. The molecular weight excluding hydrogens is 378 g/mol. The Bertz CT molecular complexity index is 832. The molecule has 160 valence electrons. The summed E-state index contributed by atoms with van der Waals surface area (Å²) in [6, 6.07) is 8.17. The van der Waals surface area contributed by atoms with Gasteiger partial charge in [-0.05, 0) is 42.9 Å². The maximum absolute atomic E-state index is 11.9. The van der Waals surface area contributed by atoms with Crippen molar-refractivity contribution in [1.29, 1.82) is 0 Å². The van der Waals surface area contributed by atoms with E-state index in [1.165, 1.54) is 49.4 Å². The first-order chi connectivity index (χ1) is 14.8. The predicted octanol–water partition coefficient (Wildman–Crippen LogP) is 4.64. The van der Waals surface area contributed by atoms with Crippen LogP contribution in [0.25, 0.3) is 6.08 Å². The van der Waals surface area contributed by atoms with Gasteiger partial charge in [-0.3, -0.25) is 4.79 Å². The molecule has 1 unspecified atom stereocenters. The molecule has 30 heavy (non-hydrogen) atoms. The third kappa shape index (κ3) is 6.03. The maximum Gasteiger partial charge on any atom is 0.267 e. The largest absolute Gasteiger partial charge is 0.350 e. The van der Waals surface area contributed by atoms with E-state index in [2.05, 4.69) is 27.6 Å². The van der Waals surface area contributed by atoms with Crippen LogP contribution in [0.3, 0.4) is 0 Å². The van der Waals surface area contributed by atoms with Crippen LogP contribution in [-0.4, -0.2) is 28.8 Å². The highest BCUT2D eigenvalue weighted by Crippen LogP contribution is 2.31. The number of hydrogen-bond donors (Lipinski definition) is 2. The van der Waals surface area contributed by atoms with Crippen molar-refractivity contribution in [3.63, 3.8) is 0 Å². The van der Waals surface area contributed by atoms with E-state index in [9.17, 15) is 4.79 Å². The monoisotopic (exact) mass is 409 g/mol. The van der Waals surface area contributed by atoms with E-state index >= 15 is 0 Å². The van der Waals surface area contributed by atoms with Crippen LogP contribution in [0.4, 0.5) is 0 Å². The van der Waals surface area contributed by atoms with Gasteiger partial charge in [-0.15, -0.1) is 0 Å². The number of hydrogen-bond acceptors (Lipinski definition) is 4. The smallest absolute Gasteiger partial charge is 0.267 e. The van der Waals surface area contributed by atoms with E-state index in [0.717, 1.165) is 37.1 Å². The molecule has 1 saturated heterocycles. The standard InChI is InChI=1S/C24H31N3O3/c28-23(27-30-24-8-4-5-15-29-24)14-13-18-9-11-19(12-10-18)16-22-25-17-21(26-22)20-6-2-1-3-7-20/h9-14,17,20,24H,1-8,15-16H2,(H,25,26)(H,27,28)/b14-13+. The molecule has 2 aromatic rings. The number of hydroxylamine groups is 1. The Kier molecular flexibility index (Phi) is 7.32. The van der Waals surface area contributed by atoms with Gasteiger partial charge in [-0.25, -0.2) is 15.3 Å². The highest BCUT2D eigenvalue weighted by molar-refractivity contribution is 5.90. The predicted molar refractivity (Wildman–Crippen MR) is 116 cm³/mol. The fraction of sp³-hybridized carbons (Fsp3) is 0.500. The minimum absolute atomic E-state index is 0.293. The van der Waals surface area contributed by atoms with Crippen LogP contribution in [-0.2, 0) is 20.8 Å². The molecule has 0 spiro atoms. The van der Waals surface area contributed by atoms with Crippen LogP contribution in [0.2, 0.25) is 0 Å². The van der Waals surface area contributed by atoms with E-state index in [-0.39, 0.29) is 12.2 Å². The highest BCUT2D eigenvalue weighted by atomic mass is 16.8. The second kappa shape index (κ2) is 10.5. The summed E-state index contributed by atoms with van der Waals surface area (Å²) < 4.78 is 5.42. The van der Waals surface area contributed by atoms with Gasteiger partial charge < -0.3 is 9.72 Å². The molecule has 1 aliphatic carbocycles. The van der Waals surface area contributed by atoms with Gasteiger partial charge in [-0.2, -0.15) is 0 Å². The number of imidazole rings is 1. The summed E-state index contributed by atoms with van der Waals surface area (Å²) in [5.74, 6) is 1.37. The van der Waals surface area contributed by atoms with Crippen molar-refractivity contribution in [3.05, 3.63) is 59.2 Å². The number of H-pyrrole nitrogens is 1. The first-order valence-electron chi connectivity index (χ1n) is 11.1. The number of amides is 1. The summed E-state index contributed by atoms with van der Waals surface area (Å²) in [4.78, 5) is 25.3. The number of benzene rings is 1. The fourth-order valence-electron chi connectivity index (χ4n) is 4.16. The van der Waals surface area contributed by atoms with Gasteiger partial charge in [0, 0.05) is 43.3 Å². The summed E-state index contributed by atoms with van der Waals surface area (Å²) in [7, 11) is 0. The molecule has 2 fully saturated rings. The van der Waals surface area contributed by atoms with Crippen LogP contribution in [0.1, 0.15) is 79.9 Å². The van der Waals surface area contributed by atoms with Gasteiger partial charge in [0.15, 0.2) is 6.29 Å². The number of rotatable bonds is 7. The molecule has 1 saturated carbocycles. The van der Waals surface area contributed by atoms with Crippen LogP contribution in [0, 0.1) is 0 Å². The van der Waals surface area contributed by atoms with Gasteiger partial charge in [-0.1, -0.05) is 43.5 Å². The number of aromatic nitrogens is 2. The molecule has 0 bridgehead atoms. The van der Waals surface area contributed by atoms with Crippen LogP contribution in [0.5, 0.6) is 0 Å². The number of carbonyl (C=O) groups is 1. The molecule has 1 aliphatic heterocycles. The summed E-state index contributed by atoms with van der Waals surface area (Å²) in [5, 5.41) is 0. The van der Waals surface area contributed by atoms with E-state index < -0.39 is 0 Å². The van der Waals surface area contributed by atoms with Gasteiger partial charge >= 0.3 is 0 Å². The van der Waals surface area contributed by atoms with E-state index in [1.807, 2.05) is 18.3 Å². The van der Waals surface area contributed by atoms with Crippen LogP contribution >= 0.6 is 0 Å². The van der Waals surface area contributed by atoms with Crippen molar-refractivity contribution < 1.29 is 14.4 Å². The fourth-order valence-corrected chi connectivity index (χ4v) is 4.16. The Morgan fingerprint density at radius 1 is 1.13 bits per heavy atom. The van der Waals surface area contributed by atoms with Gasteiger partial charge in [0.1, 0.15) is 5.82 Å². The Morgan fingerprint density at radius 3 is 2.70 bits per heavy atom. The molecule has 2 N–H and O–H groups in total. The van der Waals surface area contributed by atoms with Crippen molar-refractivity contribution in [2.45, 2.75) is 70.0 Å². The van der Waals surface area contributed by atoms with Crippen molar-refractivity contribution in [2.75, 3.05) is 6.61 Å². The molecule has 1 atom stereocenters. The third-order valence-electron chi connectivity index (χ3n) is 5.90. The zero-order chi connectivity index (χ0) is 20.6. The van der Waals surface area contributed by atoms with E-state index in [1.54, 1.807) is 6.08 Å². The highest BCUT2D eigenvalue weighted by Gasteiger charge is 2.17. The minimum Gasteiger partial charge on any atom is -0.350 e. The molecule has 4 rings (SSSR count). The molecule has 6 heteroatoms. The van der Waals surface area contributed by atoms with Crippen LogP contribution in [0.15, 0.2) is 36.5 Å². The van der Waals surface area contributed by atoms with E-state index in [0.29, 0.717) is 12.5 Å². The molecule has 0 radical (unpaired) electrons.